The van der Waals surface area contributed by atoms with E-state index in [0.29, 0.717) is 0 Å². The predicted molar refractivity (Wildman–Crippen MR) is 121 cm³/mol. The van der Waals surface area contributed by atoms with E-state index in [1.54, 1.807) is 0 Å². The summed E-state index contributed by atoms with van der Waals surface area (Å²) in [7, 11) is 0. The highest BCUT2D eigenvalue weighted by atomic mass is 14.1. The second-order valence-corrected chi connectivity index (χ2v) is 7.35. The van der Waals surface area contributed by atoms with Crippen LogP contribution in [0.3, 0.4) is 0 Å². The minimum atomic E-state index is 1.16. The van der Waals surface area contributed by atoms with Gasteiger partial charge in [0.1, 0.15) is 0 Å². The van der Waals surface area contributed by atoms with Gasteiger partial charge in [-0.3, -0.25) is 0 Å². The Labute approximate surface area is 163 Å². The molecule has 0 atom stereocenters. The Hall–Kier alpha value is -3.64. The zero-order chi connectivity index (χ0) is 18.5. The highest BCUT2D eigenvalue weighted by Crippen LogP contribution is 2.37. The average Bonchev–Trinajstić information content (AvgIpc) is 2.75. The molecule has 1 radical (unpaired) electrons. The predicted octanol–water partition coefficient (Wildman–Crippen LogP) is 7.77. The Kier molecular flexibility index (Phi) is 3.27. The number of rotatable bonds is 1. The maximum Gasteiger partial charge on any atom is -0.00141 e. The Morgan fingerprint density at radius 3 is 1.75 bits per heavy atom. The molecular weight excluding hydrogens is 336 g/mol. The molecule has 0 nitrogen and oxygen atoms in total. The summed E-state index contributed by atoms with van der Waals surface area (Å²) in [5.74, 6) is 0. The van der Waals surface area contributed by atoms with E-state index < -0.39 is 0 Å². The molecule has 0 aliphatic rings. The molecule has 0 aromatic heterocycles. The van der Waals surface area contributed by atoms with E-state index in [2.05, 4.69) is 109 Å². The van der Waals surface area contributed by atoms with Crippen LogP contribution in [-0.4, -0.2) is 0 Å². The van der Waals surface area contributed by atoms with Crippen LogP contribution >= 0.6 is 0 Å². The van der Waals surface area contributed by atoms with Gasteiger partial charge in [-0.2, -0.15) is 0 Å². The van der Waals surface area contributed by atoms with Gasteiger partial charge >= 0.3 is 0 Å². The van der Waals surface area contributed by atoms with Crippen molar-refractivity contribution in [3.8, 4) is 11.1 Å². The van der Waals surface area contributed by atoms with E-state index in [9.17, 15) is 0 Å². The number of hydrogen-bond acceptors (Lipinski definition) is 0. The highest BCUT2D eigenvalue weighted by Gasteiger charge is 2.10. The molecule has 0 aliphatic heterocycles. The molecule has 0 bridgehead atoms. The Morgan fingerprint density at radius 1 is 0.429 bits per heavy atom. The van der Waals surface area contributed by atoms with Crippen LogP contribution in [0.25, 0.3) is 54.2 Å². The SMILES string of the molecule is [c]1c2ccccc2cc2ccc(-c3c4ccccc4cc4ccccc34)cc12. The lowest BCUT2D eigenvalue weighted by atomic mass is 9.90. The third-order valence-corrected chi connectivity index (χ3v) is 5.65. The van der Waals surface area contributed by atoms with Crippen molar-refractivity contribution in [2.75, 3.05) is 0 Å². The topological polar surface area (TPSA) is 0 Å². The van der Waals surface area contributed by atoms with Crippen molar-refractivity contribution in [1.29, 1.82) is 0 Å². The second-order valence-electron chi connectivity index (χ2n) is 7.35. The first-order valence-electron chi connectivity index (χ1n) is 9.62. The van der Waals surface area contributed by atoms with E-state index in [1.807, 2.05) is 0 Å². The van der Waals surface area contributed by atoms with Crippen LogP contribution in [0.1, 0.15) is 0 Å². The number of fused-ring (bicyclic) bond motifs is 4. The molecule has 0 aliphatic carbocycles. The molecular formula is C28H17. The van der Waals surface area contributed by atoms with Gasteiger partial charge in [0.15, 0.2) is 0 Å². The van der Waals surface area contributed by atoms with Crippen molar-refractivity contribution in [3.63, 3.8) is 0 Å². The van der Waals surface area contributed by atoms with Crippen molar-refractivity contribution < 1.29 is 0 Å². The van der Waals surface area contributed by atoms with Gasteiger partial charge in [0, 0.05) is 0 Å². The minimum Gasteiger partial charge on any atom is -0.0616 e. The maximum absolute atomic E-state index is 3.62. The summed E-state index contributed by atoms with van der Waals surface area (Å²) in [4.78, 5) is 0. The van der Waals surface area contributed by atoms with Crippen LogP contribution in [-0.2, 0) is 0 Å². The van der Waals surface area contributed by atoms with Crippen molar-refractivity contribution in [1.82, 2.24) is 0 Å². The lowest BCUT2D eigenvalue weighted by Gasteiger charge is -2.13. The third kappa shape index (κ3) is 2.32. The van der Waals surface area contributed by atoms with E-state index in [-0.39, 0.29) is 0 Å². The maximum atomic E-state index is 3.62. The summed E-state index contributed by atoms with van der Waals surface area (Å²) in [6.45, 7) is 0. The molecule has 0 fully saturated rings. The molecule has 0 unspecified atom stereocenters. The molecule has 6 rings (SSSR count). The Bertz CT molecular complexity index is 1450. The largest absolute Gasteiger partial charge is 0.0616 e. The molecule has 0 heteroatoms. The molecule has 0 amide bonds. The summed E-state index contributed by atoms with van der Waals surface area (Å²) in [5, 5.41) is 9.92. The van der Waals surface area contributed by atoms with Crippen LogP contribution in [0.5, 0.6) is 0 Å². The van der Waals surface area contributed by atoms with Gasteiger partial charge in [-0.15, -0.1) is 0 Å². The van der Waals surface area contributed by atoms with Crippen LogP contribution < -0.4 is 0 Å². The van der Waals surface area contributed by atoms with E-state index in [0.717, 1.165) is 10.8 Å². The normalized spacial score (nSPS) is 11.6. The van der Waals surface area contributed by atoms with Crippen LogP contribution in [0.2, 0.25) is 0 Å². The fraction of sp³-hybridized carbons (Fsp3) is 0. The van der Waals surface area contributed by atoms with Gasteiger partial charge in [-0.25, -0.2) is 0 Å². The Balaban J connectivity index is 1.72. The van der Waals surface area contributed by atoms with Crippen LogP contribution in [0, 0.1) is 6.07 Å². The van der Waals surface area contributed by atoms with Gasteiger partial charge in [0.05, 0.1) is 0 Å². The summed E-state index contributed by atoms with van der Waals surface area (Å²) in [6, 6.07) is 40.7. The van der Waals surface area contributed by atoms with Crippen molar-refractivity contribution in [2.24, 2.45) is 0 Å². The van der Waals surface area contributed by atoms with Crippen LogP contribution in [0.15, 0.2) is 103 Å². The molecule has 129 valence electrons. The number of hydrogen-bond donors (Lipinski definition) is 0. The van der Waals surface area contributed by atoms with E-state index >= 15 is 0 Å². The molecule has 6 aromatic carbocycles. The molecule has 0 saturated carbocycles. The van der Waals surface area contributed by atoms with Gasteiger partial charge in [-0.1, -0.05) is 84.9 Å². The molecule has 0 heterocycles. The molecule has 28 heavy (non-hydrogen) atoms. The standard InChI is InChI=1S/C28H17/c1-2-8-20-16-25-18-24(14-13-21(25)15-19(20)7-1)28-26-11-5-3-9-22(26)17-23-10-4-6-12-27(23)28/h1-15,17-18H. The van der Waals surface area contributed by atoms with Crippen molar-refractivity contribution in [3.05, 3.63) is 109 Å². The van der Waals surface area contributed by atoms with Crippen LogP contribution in [0.4, 0.5) is 0 Å². The lowest BCUT2D eigenvalue weighted by molar-refractivity contribution is 1.71. The quantitative estimate of drug-likeness (QED) is 0.265. The van der Waals surface area contributed by atoms with E-state index in [4.69, 9.17) is 0 Å². The minimum absolute atomic E-state index is 1.16. The first-order chi connectivity index (χ1) is 13.9. The summed E-state index contributed by atoms with van der Waals surface area (Å²) < 4.78 is 0. The zero-order valence-electron chi connectivity index (χ0n) is 15.3. The van der Waals surface area contributed by atoms with Crippen molar-refractivity contribution in [2.45, 2.75) is 0 Å². The Morgan fingerprint density at radius 2 is 1.00 bits per heavy atom. The lowest BCUT2D eigenvalue weighted by Crippen LogP contribution is -1.86. The first-order valence-corrected chi connectivity index (χ1v) is 9.62. The van der Waals surface area contributed by atoms with E-state index in [1.165, 1.54) is 43.4 Å². The first kappa shape index (κ1) is 15.4. The molecule has 0 N–H and O–H groups in total. The highest BCUT2D eigenvalue weighted by molar-refractivity contribution is 6.13. The fourth-order valence-corrected chi connectivity index (χ4v) is 4.32. The van der Waals surface area contributed by atoms with Gasteiger partial charge in [0.25, 0.3) is 0 Å². The third-order valence-electron chi connectivity index (χ3n) is 5.65. The average molecular weight is 353 g/mol. The molecule has 0 spiro atoms. The monoisotopic (exact) mass is 353 g/mol. The molecule has 6 aromatic rings. The van der Waals surface area contributed by atoms with Crippen molar-refractivity contribution >= 4 is 43.1 Å². The second kappa shape index (κ2) is 5.94. The summed E-state index contributed by atoms with van der Waals surface area (Å²) in [6.07, 6.45) is 0. The smallest absolute Gasteiger partial charge is 0.00141 e. The van der Waals surface area contributed by atoms with Gasteiger partial charge in [-0.05, 0) is 78.5 Å². The number of benzene rings is 6. The summed E-state index contributed by atoms with van der Waals surface area (Å²) >= 11 is 0. The van der Waals surface area contributed by atoms with Gasteiger partial charge < -0.3 is 0 Å². The molecule has 0 saturated heterocycles. The fourth-order valence-electron chi connectivity index (χ4n) is 4.32. The van der Waals surface area contributed by atoms with Gasteiger partial charge in [0.2, 0.25) is 0 Å². The summed E-state index contributed by atoms with van der Waals surface area (Å²) in [5.41, 5.74) is 2.55. The zero-order valence-corrected chi connectivity index (χ0v) is 15.3.